The zero-order valence-electron chi connectivity index (χ0n) is 7.90. The van der Waals surface area contributed by atoms with Crippen LogP contribution in [0.4, 0.5) is 14.5 Å². The fourth-order valence-electron chi connectivity index (χ4n) is 1.02. The van der Waals surface area contributed by atoms with Crippen molar-refractivity contribution in [3.8, 4) is 11.8 Å². The average molecular weight is 195 g/mol. The van der Waals surface area contributed by atoms with Crippen molar-refractivity contribution in [3.05, 3.63) is 29.8 Å². The highest BCUT2D eigenvalue weighted by Gasteiger charge is 2.05. The van der Waals surface area contributed by atoms with E-state index in [-0.39, 0.29) is 5.69 Å². The molecule has 1 aromatic carbocycles. The third-order valence-corrected chi connectivity index (χ3v) is 1.69. The second-order valence-corrected chi connectivity index (χ2v) is 2.70. The lowest BCUT2D eigenvalue weighted by Gasteiger charge is -2.05. The molecule has 0 aliphatic rings. The summed E-state index contributed by atoms with van der Waals surface area (Å²) in [6.45, 7) is 2.25. The van der Waals surface area contributed by atoms with Gasteiger partial charge < -0.3 is 5.32 Å². The van der Waals surface area contributed by atoms with Gasteiger partial charge in [-0.05, 0) is 19.1 Å². The Morgan fingerprint density at radius 1 is 1.36 bits per heavy atom. The van der Waals surface area contributed by atoms with E-state index >= 15 is 0 Å². The van der Waals surface area contributed by atoms with E-state index in [0.29, 0.717) is 13.0 Å². The maximum absolute atomic E-state index is 13.0. The molecular weight excluding hydrogens is 184 g/mol. The summed E-state index contributed by atoms with van der Waals surface area (Å²) < 4.78 is 25.7. The van der Waals surface area contributed by atoms with Crippen molar-refractivity contribution in [2.75, 3.05) is 11.9 Å². The standard InChI is InChI=1S/C11H11F2N/c1-2-3-4-8-14-10-7-5-6-9(12)11(10)13/h5-7,14H,4,8H2,1H3. The fraction of sp³-hybridized carbons (Fsp3) is 0.273. The molecule has 3 heteroatoms. The molecule has 0 aromatic heterocycles. The molecule has 1 N–H and O–H groups in total. The molecule has 0 aliphatic carbocycles. The van der Waals surface area contributed by atoms with Crippen LogP contribution in [0.5, 0.6) is 0 Å². The topological polar surface area (TPSA) is 12.0 Å². The minimum absolute atomic E-state index is 0.183. The molecule has 0 saturated heterocycles. The van der Waals surface area contributed by atoms with Gasteiger partial charge in [-0.2, -0.15) is 0 Å². The van der Waals surface area contributed by atoms with E-state index in [1.807, 2.05) is 0 Å². The second-order valence-electron chi connectivity index (χ2n) is 2.70. The van der Waals surface area contributed by atoms with Crippen LogP contribution in [0.2, 0.25) is 0 Å². The van der Waals surface area contributed by atoms with Gasteiger partial charge in [0.15, 0.2) is 11.6 Å². The zero-order valence-corrected chi connectivity index (χ0v) is 7.90. The molecule has 1 rings (SSSR count). The lowest BCUT2D eigenvalue weighted by molar-refractivity contribution is 0.511. The molecule has 0 spiro atoms. The highest BCUT2D eigenvalue weighted by atomic mass is 19.2. The molecule has 0 saturated carbocycles. The van der Waals surface area contributed by atoms with Crippen LogP contribution in [-0.2, 0) is 0 Å². The number of halogens is 2. The molecule has 0 radical (unpaired) electrons. The van der Waals surface area contributed by atoms with Gasteiger partial charge in [-0.3, -0.25) is 0 Å². The molecule has 0 bridgehead atoms. The first-order chi connectivity index (χ1) is 6.75. The third-order valence-electron chi connectivity index (χ3n) is 1.69. The van der Waals surface area contributed by atoms with E-state index in [1.54, 1.807) is 6.92 Å². The zero-order chi connectivity index (χ0) is 10.4. The fourth-order valence-corrected chi connectivity index (χ4v) is 1.02. The summed E-state index contributed by atoms with van der Waals surface area (Å²) in [7, 11) is 0. The van der Waals surface area contributed by atoms with Crippen molar-refractivity contribution in [1.82, 2.24) is 0 Å². The first-order valence-corrected chi connectivity index (χ1v) is 4.33. The van der Waals surface area contributed by atoms with Gasteiger partial charge in [-0.1, -0.05) is 6.07 Å². The van der Waals surface area contributed by atoms with Gasteiger partial charge in [0, 0.05) is 13.0 Å². The van der Waals surface area contributed by atoms with Gasteiger partial charge in [0.2, 0.25) is 0 Å². The summed E-state index contributed by atoms with van der Waals surface area (Å²) in [5.74, 6) is 3.87. The predicted molar refractivity (Wildman–Crippen MR) is 52.9 cm³/mol. The summed E-state index contributed by atoms with van der Waals surface area (Å²) in [5.41, 5.74) is 0.183. The van der Waals surface area contributed by atoms with Gasteiger partial charge in [-0.25, -0.2) is 8.78 Å². The predicted octanol–water partition coefficient (Wildman–Crippen LogP) is 2.79. The monoisotopic (exact) mass is 195 g/mol. The molecule has 1 aromatic rings. The van der Waals surface area contributed by atoms with Crippen molar-refractivity contribution in [3.63, 3.8) is 0 Å². The SMILES string of the molecule is CC#CCCNc1cccc(F)c1F. The summed E-state index contributed by atoms with van der Waals surface area (Å²) in [4.78, 5) is 0. The Kier molecular flexibility index (Phi) is 3.93. The molecular formula is C11H11F2N. The second kappa shape index (κ2) is 5.23. The maximum Gasteiger partial charge on any atom is 0.181 e. The average Bonchev–Trinajstić information content (AvgIpc) is 2.19. The van der Waals surface area contributed by atoms with Gasteiger partial charge in [-0.15, -0.1) is 11.8 Å². The van der Waals surface area contributed by atoms with Gasteiger partial charge in [0.05, 0.1) is 5.69 Å². The van der Waals surface area contributed by atoms with E-state index in [0.717, 1.165) is 6.07 Å². The molecule has 1 nitrogen and oxygen atoms in total. The molecule has 0 atom stereocenters. The van der Waals surface area contributed by atoms with Crippen molar-refractivity contribution >= 4 is 5.69 Å². The lowest BCUT2D eigenvalue weighted by atomic mass is 10.3. The molecule has 0 aliphatic heterocycles. The quantitative estimate of drug-likeness (QED) is 0.577. The smallest absolute Gasteiger partial charge is 0.181 e. The number of benzene rings is 1. The number of hydrogen-bond acceptors (Lipinski definition) is 1. The largest absolute Gasteiger partial charge is 0.382 e. The molecule has 14 heavy (non-hydrogen) atoms. The van der Waals surface area contributed by atoms with Crippen LogP contribution < -0.4 is 5.32 Å². The van der Waals surface area contributed by atoms with E-state index < -0.39 is 11.6 Å². The van der Waals surface area contributed by atoms with Crippen LogP contribution in [0.15, 0.2) is 18.2 Å². The third kappa shape index (κ3) is 2.74. The van der Waals surface area contributed by atoms with Gasteiger partial charge in [0.25, 0.3) is 0 Å². The Balaban J connectivity index is 2.57. The molecule has 0 fully saturated rings. The summed E-state index contributed by atoms with van der Waals surface area (Å²) in [5, 5.41) is 2.77. The first-order valence-electron chi connectivity index (χ1n) is 4.33. The molecule has 0 heterocycles. The van der Waals surface area contributed by atoms with Crippen LogP contribution >= 0.6 is 0 Å². The Morgan fingerprint density at radius 2 is 2.14 bits per heavy atom. The van der Waals surface area contributed by atoms with E-state index in [1.165, 1.54) is 12.1 Å². The van der Waals surface area contributed by atoms with Crippen molar-refractivity contribution < 1.29 is 8.78 Å². The van der Waals surface area contributed by atoms with E-state index in [4.69, 9.17) is 0 Å². The van der Waals surface area contributed by atoms with E-state index in [2.05, 4.69) is 17.2 Å². The number of rotatable bonds is 3. The normalized spacial score (nSPS) is 9.07. The van der Waals surface area contributed by atoms with Gasteiger partial charge in [0.1, 0.15) is 0 Å². The number of anilines is 1. The highest BCUT2D eigenvalue weighted by Crippen LogP contribution is 2.15. The molecule has 0 unspecified atom stereocenters. The van der Waals surface area contributed by atoms with Crippen LogP contribution in [-0.4, -0.2) is 6.54 Å². The minimum Gasteiger partial charge on any atom is -0.382 e. The van der Waals surface area contributed by atoms with Crippen molar-refractivity contribution in [1.29, 1.82) is 0 Å². The van der Waals surface area contributed by atoms with E-state index in [9.17, 15) is 8.78 Å². The summed E-state index contributed by atoms with van der Waals surface area (Å²) in [6, 6.07) is 4.05. The molecule has 74 valence electrons. The Labute approximate surface area is 82.1 Å². The first kappa shape index (κ1) is 10.5. The van der Waals surface area contributed by atoms with Crippen LogP contribution in [0.1, 0.15) is 13.3 Å². The number of nitrogens with one attached hydrogen (secondary N) is 1. The van der Waals surface area contributed by atoms with Crippen molar-refractivity contribution in [2.24, 2.45) is 0 Å². The Hall–Kier alpha value is -1.56. The van der Waals surface area contributed by atoms with Crippen LogP contribution in [0.3, 0.4) is 0 Å². The maximum atomic E-state index is 13.0. The van der Waals surface area contributed by atoms with Crippen LogP contribution in [0, 0.1) is 23.5 Å². The lowest BCUT2D eigenvalue weighted by Crippen LogP contribution is -2.03. The van der Waals surface area contributed by atoms with Crippen molar-refractivity contribution in [2.45, 2.75) is 13.3 Å². The van der Waals surface area contributed by atoms with Crippen LogP contribution in [0.25, 0.3) is 0 Å². The highest BCUT2D eigenvalue weighted by molar-refractivity contribution is 5.44. The molecule has 0 amide bonds. The summed E-state index contributed by atoms with van der Waals surface area (Å²) >= 11 is 0. The Bertz CT molecular complexity index is 363. The van der Waals surface area contributed by atoms with Gasteiger partial charge >= 0.3 is 0 Å². The Morgan fingerprint density at radius 3 is 2.86 bits per heavy atom. The summed E-state index contributed by atoms with van der Waals surface area (Å²) in [6.07, 6.45) is 0.618. The number of hydrogen-bond donors (Lipinski definition) is 1. The minimum atomic E-state index is -0.837.